The lowest BCUT2D eigenvalue weighted by molar-refractivity contribution is -0.124. The molecule has 106 valence electrons. The molecule has 0 aliphatic carbocycles. The molecule has 0 bridgehead atoms. The van der Waals surface area contributed by atoms with Gasteiger partial charge >= 0.3 is 0 Å². The third-order valence-corrected chi connectivity index (χ3v) is 3.17. The molecule has 0 aliphatic rings. The molecule has 1 rings (SSSR count). The maximum absolute atomic E-state index is 11.8. The molecule has 1 aromatic carbocycles. The molecule has 4 nitrogen and oxygen atoms in total. The van der Waals surface area contributed by atoms with E-state index >= 15 is 0 Å². The number of amides is 1. The highest BCUT2D eigenvalue weighted by atomic mass is 16.5. The fourth-order valence-corrected chi connectivity index (χ4v) is 1.73. The molecule has 0 saturated heterocycles. The summed E-state index contributed by atoms with van der Waals surface area (Å²) in [6.45, 7) is 6.89. The zero-order chi connectivity index (χ0) is 14.3. The number of nitrogens with two attached hydrogens (primary N) is 1. The highest BCUT2D eigenvalue weighted by Gasteiger charge is 2.16. The Labute approximate surface area is 115 Å². The van der Waals surface area contributed by atoms with Crippen LogP contribution in [0.2, 0.25) is 0 Å². The van der Waals surface area contributed by atoms with Crippen LogP contribution in [0.15, 0.2) is 24.3 Å². The van der Waals surface area contributed by atoms with Gasteiger partial charge in [-0.25, -0.2) is 0 Å². The molecule has 2 atom stereocenters. The van der Waals surface area contributed by atoms with Gasteiger partial charge in [0.05, 0.1) is 6.61 Å². The summed E-state index contributed by atoms with van der Waals surface area (Å²) in [6.07, 6.45) is 0.758. The molecule has 2 unspecified atom stereocenters. The average Bonchev–Trinajstić information content (AvgIpc) is 2.39. The van der Waals surface area contributed by atoms with Gasteiger partial charge in [-0.05, 0) is 31.9 Å². The van der Waals surface area contributed by atoms with Crippen LogP contribution in [0.3, 0.4) is 0 Å². The van der Waals surface area contributed by atoms with Gasteiger partial charge in [0.15, 0.2) is 0 Å². The summed E-state index contributed by atoms with van der Waals surface area (Å²) in [5.74, 6) is 0.727. The molecule has 1 amide bonds. The van der Waals surface area contributed by atoms with Crippen molar-refractivity contribution in [2.45, 2.75) is 33.2 Å². The predicted octanol–water partition coefficient (Wildman–Crippen LogP) is 1.73. The van der Waals surface area contributed by atoms with E-state index in [1.807, 2.05) is 45.0 Å². The van der Waals surface area contributed by atoms with Crippen LogP contribution in [-0.2, 0) is 11.2 Å². The van der Waals surface area contributed by atoms with Crippen LogP contribution in [0.1, 0.15) is 26.3 Å². The number of benzene rings is 1. The number of hydrogen-bond donors (Lipinski definition) is 2. The number of hydrogen-bond acceptors (Lipinski definition) is 3. The number of ether oxygens (including phenoxy) is 1. The van der Waals surface area contributed by atoms with Crippen LogP contribution in [0, 0.1) is 5.92 Å². The fraction of sp³-hybridized carbons (Fsp3) is 0.533. The molecule has 0 aliphatic heterocycles. The Morgan fingerprint density at radius 1 is 1.37 bits per heavy atom. The monoisotopic (exact) mass is 264 g/mol. The standard InChI is InChI=1S/C15H24N2O2/c1-4-19-14-8-6-5-7-13(14)9-10-17-15(18)11(2)12(3)16/h5-8,11-12H,4,9-10,16H2,1-3H3,(H,17,18). The second kappa shape index (κ2) is 7.79. The lowest BCUT2D eigenvalue weighted by Gasteiger charge is -2.16. The van der Waals surface area contributed by atoms with Crippen molar-refractivity contribution in [2.24, 2.45) is 11.7 Å². The molecular formula is C15H24N2O2. The summed E-state index contributed by atoms with van der Waals surface area (Å²) in [5.41, 5.74) is 6.81. The zero-order valence-corrected chi connectivity index (χ0v) is 12.0. The zero-order valence-electron chi connectivity index (χ0n) is 12.0. The van der Waals surface area contributed by atoms with Crippen LogP contribution in [0.5, 0.6) is 5.75 Å². The molecular weight excluding hydrogens is 240 g/mol. The Bertz CT molecular complexity index is 405. The van der Waals surface area contributed by atoms with E-state index in [-0.39, 0.29) is 17.9 Å². The second-order valence-electron chi connectivity index (χ2n) is 4.73. The van der Waals surface area contributed by atoms with Crippen molar-refractivity contribution >= 4 is 5.91 Å². The van der Waals surface area contributed by atoms with Gasteiger partial charge in [-0.1, -0.05) is 25.1 Å². The van der Waals surface area contributed by atoms with Gasteiger partial charge in [-0.2, -0.15) is 0 Å². The minimum absolute atomic E-state index is 0.00360. The second-order valence-corrected chi connectivity index (χ2v) is 4.73. The Kier molecular flexibility index (Phi) is 6.36. The van der Waals surface area contributed by atoms with Crippen LogP contribution >= 0.6 is 0 Å². The van der Waals surface area contributed by atoms with Crippen LogP contribution < -0.4 is 15.8 Å². The highest BCUT2D eigenvalue weighted by molar-refractivity contribution is 5.78. The Morgan fingerprint density at radius 2 is 2.05 bits per heavy atom. The lowest BCUT2D eigenvalue weighted by Crippen LogP contribution is -2.39. The van der Waals surface area contributed by atoms with Crippen molar-refractivity contribution in [2.75, 3.05) is 13.2 Å². The molecule has 3 N–H and O–H groups in total. The smallest absolute Gasteiger partial charge is 0.224 e. The minimum atomic E-state index is -0.165. The van der Waals surface area contributed by atoms with E-state index in [9.17, 15) is 4.79 Å². The third kappa shape index (κ3) is 4.91. The van der Waals surface area contributed by atoms with Crippen LogP contribution in [0.4, 0.5) is 0 Å². The Morgan fingerprint density at radius 3 is 2.68 bits per heavy atom. The summed E-state index contributed by atoms with van der Waals surface area (Å²) in [4.78, 5) is 11.8. The van der Waals surface area contributed by atoms with E-state index in [4.69, 9.17) is 10.5 Å². The topological polar surface area (TPSA) is 64.3 Å². The van der Waals surface area contributed by atoms with E-state index in [0.717, 1.165) is 17.7 Å². The van der Waals surface area contributed by atoms with Crippen molar-refractivity contribution in [3.05, 3.63) is 29.8 Å². The molecule has 0 spiro atoms. The number of carbonyl (C=O) groups is 1. The number of para-hydroxylation sites is 1. The normalized spacial score (nSPS) is 13.7. The lowest BCUT2D eigenvalue weighted by atomic mass is 10.0. The van der Waals surface area contributed by atoms with E-state index in [2.05, 4.69) is 5.32 Å². The molecule has 4 heteroatoms. The van der Waals surface area contributed by atoms with Gasteiger partial charge in [0, 0.05) is 18.5 Å². The Hall–Kier alpha value is -1.55. The van der Waals surface area contributed by atoms with Crippen LogP contribution in [-0.4, -0.2) is 25.1 Å². The first-order chi connectivity index (χ1) is 9.06. The van der Waals surface area contributed by atoms with Gasteiger partial charge in [-0.15, -0.1) is 0 Å². The van der Waals surface area contributed by atoms with Crippen molar-refractivity contribution in [1.29, 1.82) is 0 Å². The first-order valence-corrected chi connectivity index (χ1v) is 6.80. The number of rotatable bonds is 7. The molecule has 0 heterocycles. The summed E-state index contributed by atoms with van der Waals surface area (Å²) in [7, 11) is 0. The van der Waals surface area contributed by atoms with E-state index in [1.54, 1.807) is 0 Å². The molecule has 0 saturated carbocycles. The SMILES string of the molecule is CCOc1ccccc1CCNC(=O)C(C)C(C)N. The molecule has 0 fully saturated rings. The van der Waals surface area contributed by atoms with Crippen molar-refractivity contribution in [1.82, 2.24) is 5.32 Å². The van der Waals surface area contributed by atoms with E-state index < -0.39 is 0 Å². The van der Waals surface area contributed by atoms with Gasteiger partial charge in [0.2, 0.25) is 5.91 Å². The number of carbonyl (C=O) groups excluding carboxylic acids is 1. The maximum atomic E-state index is 11.8. The molecule has 0 radical (unpaired) electrons. The summed E-state index contributed by atoms with van der Waals surface area (Å²) < 4.78 is 5.55. The van der Waals surface area contributed by atoms with Crippen molar-refractivity contribution < 1.29 is 9.53 Å². The van der Waals surface area contributed by atoms with Crippen LogP contribution in [0.25, 0.3) is 0 Å². The maximum Gasteiger partial charge on any atom is 0.224 e. The molecule has 1 aromatic rings. The average molecular weight is 264 g/mol. The molecule has 0 aromatic heterocycles. The fourth-order valence-electron chi connectivity index (χ4n) is 1.73. The highest BCUT2D eigenvalue weighted by Crippen LogP contribution is 2.18. The minimum Gasteiger partial charge on any atom is -0.494 e. The van der Waals surface area contributed by atoms with Crippen molar-refractivity contribution in [3.8, 4) is 5.75 Å². The van der Waals surface area contributed by atoms with Gasteiger partial charge in [0.25, 0.3) is 0 Å². The van der Waals surface area contributed by atoms with Crippen molar-refractivity contribution in [3.63, 3.8) is 0 Å². The summed E-state index contributed by atoms with van der Waals surface area (Å²) >= 11 is 0. The molecule has 19 heavy (non-hydrogen) atoms. The van der Waals surface area contributed by atoms with Gasteiger partial charge < -0.3 is 15.8 Å². The van der Waals surface area contributed by atoms with Gasteiger partial charge in [-0.3, -0.25) is 4.79 Å². The largest absolute Gasteiger partial charge is 0.494 e. The van der Waals surface area contributed by atoms with Gasteiger partial charge in [0.1, 0.15) is 5.75 Å². The first kappa shape index (κ1) is 15.5. The summed E-state index contributed by atoms with van der Waals surface area (Å²) in [6, 6.07) is 7.77. The Balaban J connectivity index is 2.47. The third-order valence-electron chi connectivity index (χ3n) is 3.17. The van der Waals surface area contributed by atoms with E-state index in [0.29, 0.717) is 13.2 Å². The predicted molar refractivity (Wildman–Crippen MR) is 77.1 cm³/mol. The first-order valence-electron chi connectivity index (χ1n) is 6.80. The summed E-state index contributed by atoms with van der Waals surface area (Å²) in [5, 5.41) is 2.91. The quantitative estimate of drug-likeness (QED) is 0.788. The number of nitrogens with one attached hydrogen (secondary N) is 1. The van der Waals surface area contributed by atoms with E-state index in [1.165, 1.54) is 0 Å².